The molecule has 0 amide bonds. The highest BCUT2D eigenvalue weighted by Gasteiger charge is 2.07. The minimum absolute atomic E-state index is 0.155. The zero-order chi connectivity index (χ0) is 14.5. The number of hydrogen-bond donors (Lipinski definition) is 1. The minimum atomic E-state index is -0.287. The van der Waals surface area contributed by atoms with Crippen LogP contribution in [-0.2, 0) is 6.42 Å². The lowest BCUT2D eigenvalue weighted by atomic mass is 10.0. The van der Waals surface area contributed by atoms with E-state index in [0.29, 0.717) is 5.02 Å². The monoisotopic (exact) mass is 283 g/mol. The highest BCUT2D eigenvalue weighted by molar-refractivity contribution is 6.31. The van der Waals surface area contributed by atoms with Crippen molar-refractivity contribution in [2.75, 3.05) is 6.54 Å². The Kier molecular flexibility index (Phi) is 6.02. The molecule has 1 aromatic rings. The molecule has 0 aliphatic carbocycles. The molecular formula is C16H23ClFN. The topological polar surface area (TPSA) is 12.0 Å². The van der Waals surface area contributed by atoms with Gasteiger partial charge in [-0.25, -0.2) is 4.39 Å². The molecule has 0 saturated heterocycles. The molecule has 3 heteroatoms. The molecule has 19 heavy (non-hydrogen) atoms. The van der Waals surface area contributed by atoms with Gasteiger partial charge in [0, 0.05) is 10.6 Å². The van der Waals surface area contributed by atoms with Crippen molar-refractivity contribution in [1.29, 1.82) is 0 Å². The summed E-state index contributed by atoms with van der Waals surface area (Å²) in [5.74, 6) is -0.287. The van der Waals surface area contributed by atoms with E-state index in [-0.39, 0.29) is 11.4 Å². The van der Waals surface area contributed by atoms with E-state index in [1.165, 1.54) is 17.7 Å². The van der Waals surface area contributed by atoms with Crippen LogP contribution in [0.15, 0.2) is 29.8 Å². The highest BCUT2D eigenvalue weighted by atomic mass is 35.5. The normalized spacial score (nSPS) is 12.8. The van der Waals surface area contributed by atoms with Gasteiger partial charge in [0.05, 0.1) is 0 Å². The fraction of sp³-hybridized carbons (Fsp3) is 0.500. The summed E-state index contributed by atoms with van der Waals surface area (Å²) >= 11 is 6.02. The molecule has 0 bridgehead atoms. The SMILES string of the molecule is CC(=CCCNC(C)(C)C)Cc1ccc(F)cc1Cl. The first kappa shape index (κ1) is 16.2. The molecule has 0 atom stereocenters. The maximum atomic E-state index is 12.9. The maximum absolute atomic E-state index is 12.9. The first-order chi connectivity index (χ1) is 8.78. The number of benzene rings is 1. The second kappa shape index (κ2) is 7.06. The zero-order valence-electron chi connectivity index (χ0n) is 12.2. The average molecular weight is 284 g/mol. The van der Waals surface area contributed by atoms with Gasteiger partial charge in [-0.3, -0.25) is 0 Å². The Balaban J connectivity index is 2.48. The first-order valence-electron chi connectivity index (χ1n) is 6.62. The predicted molar refractivity (Wildman–Crippen MR) is 81.2 cm³/mol. The van der Waals surface area contributed by atoms with Crippen LogP contribution in [0.1, 0.15) is 39.7 Å². The summed E-state index contributed by atoms with van der Waals surface area (Å²) in [7, 11) is 0. The van der Waals surface area contributed by atoms with Gasteiger partial charge in [-0.15, -0.1) is 0 Å². The quantitative estimate of drug-likeness (QED) is 0.608. The molecule has 1 aromatic carbocycles. The van der Waals surface area contributed by atoms with Crippen LogP contribution in [0.4, 0.5) is 4.39 Å². The Bertz CT molecular complexity index is 447. The second-order valence-electron chi connectivity index (χ2n) is 5.93. The molecule has 1 N–H and O–H groups in total. The maximum Gasteiger partial charge on any atom is 0.124 e. The second-order valence-corrected chi connectivity index (χ2v) is 6.34. The molecule has 0 saturated carbocycles. The van der Waals surface area contributed by atoms with Crippen molar-refractivity contribution in [3.63, 3.8) is 0 Å². The number of nitrogens with one attached hydrogen (secondary N) is 1. The lowest BCUT2D eigenvalue weighted by molar-refractivity contribution is 0.431. The molecule has 0 aliphatic heterocycles. The summed E-state index contributed by atoms with van der Waals surface area (Å²) < 4.78 is 12.9. The summed E-state index contributed by atoms with van der Waals surface area (Å²) in [6.07, 6.45) is 3.97. The van der Waals surface area contributed by atoms with Crippen LogP contribution in [0.2, 0.25) is 5.02 Å². The molecule has 0 heterocycles. The molecule has 0 fully saturated rings. The summed E-state index contributed by atoms with van der Waals surface area (Å²) in [4.78, 5) is 0. The number of allylic oxidation sites excluding steroid dienone is 1. The third kappa shape index (κ3) is 6.74. The Morgan fingerprint density at radius 1 is 1.37 bits per heavy atom. The lowest BCUT2D eigenvalue weighted by Gasteiger charge is -2.19. The molecule has 0 aliphatic rings. The molecule has 0 radical (unpaired) electrons. The first-order valence-corrected chi connectivity index (χ1v) is 7.00. The molecule has 106 valence electrons. The van der Waals surface area contributed by atoms with Gasteiger partial charge in [-0.05, 0) is 64.8 Å². The third-order valence-electron chi connectivity index (χ3n) is 2.78. The van der Waals surface area contributed by atoms with Gasteiger partial charge in [0.25, 0.3) is 0 Å². The van der Waals surface area contributed by atoms with Crippen LogP contribution in [0.5, 0.6) is 0 Å². The van der Waals surface area contributed by atoms with E-state index in [0.717, 1.165) is 24.9 Å². The number of halogens is 2. The van der Waals surface area contributed by atoms with Crippen LogP contribution in [0, 0.1) is 5.82 Å². The van der Waals surface area contributed by atoms with E-state index in [9.17, 15) is 4.39 Å². The van der Waals surface area contributed by atoms with Crippen molar-refractivity contribution in [3.8, 4) is 0 Å². The van der Waals surface area contributed by atoms with E-state index >= 15 is 0 Å². The van der Waals surface area contributed by atoms with Crippen LogP contribution in [0.25, 0.3) is 0 Å². The summed E-state index contributed by atoms with van der Waals surface area (Å²) in [5, 5.41) is 3.94. The van der Waals surface area contributed by atoms with E-state index < -0.39 is 0 Å². The van der Waals surface area contributed by atoms with Crippen LogP contribution < -0.4 is 5.32 Å². The van der Waals surface area contributed by atoms with Crippen molar-refractivity contribution in [3.05, 3.63) is 46.3 Å². The predicted octanol–water partition coefficient (Wildman–Crippen LogP) is 4.75. The standard InChI is InChI=1S/C16H23ClFN/c1-12(6-5-9-19-16(2,3)4)10-13-7-8-14(18)11-15(13)17/h6-8,11,19H,5,9-10H2,1-4H3. The van der Waals surface area contributed by atoms with Crippen LogP contribution in [0.3, 0.4) is 0 Å². The van der Waals surface area contributed by atoms with Gasteiger partial charge in [0.1, 0.15) is 5.82 Å². The van der Waals surface area contributed by atoms with Gasteiger partial charge < -0.3 is 5.32 Å². The van der Waals surface area contributed by atoms with Crippen LogP contribution >= 0.6 is 11.6 Å². The van der Waals surface area contributed by atoms with Gasteiger partial charge in [0.15, 0.2) is 0 Å². The van der Waals surface area contributed by atoms with E-state index in [2.05, 4.69) is 39.1 Å². The largest absolute Gasteiger partial charge is 0.312 e. The Morgan fingerprint density at radius 2 is 2.05 bits per heavy atom. The van der Waals surface area contributed by atoms with Crippen LogP contribution in [-0.4, -0.2) is 12.1 Å². The van der Waals surface area contributed by atoms with Gasteiger partial charge in [-0.2, -0.15) is 0 Å². The van der Waals surface area contributed by atoms with Crippen molar-refractivity contribution in [1.82, 2.24) is 5.32 Å². The van der Waals surface area contributed by atoms with Crippen molar-refractivity contribution in [2.24, 2.45) is 0 Å². The molecule has 1 rings (SSSR count). The molecule has 0 aromatic heterocycles. The van der Waals surface area contributed by atoms with E-state index in [1.807, 2.05) is 0 Å². The zero-order valence-corrected chi connectivity index (χ0v) is 12.9. The number of rotatable bonds is 5. The smallest absolute Gasteiger partial charge is 0.124 e. The molecule has 1 nitrogen and oxygen atoms in total. The molecule has 0 unspecified atom stereocenters. The number of hydrogen-bond acceptors (Lipinski definition) is 1. The third-order valence-corrected chi connectivity index (χ3v) is 3.13. The van der Waals surface area contributed by atoms with E-state index in [1.54, 1.807) is 6.07 Å². The van der Waals surface area contributed by atoms with Gasteiger partial charge in [0.2, 0.25) is 0 Å². The van der Waals surface area contributed by atoms with Crippen molar-refractivity contribution < 1.29 is 4.39 Å². The van der Waals surface area contributed by atoms with Crippen molar-refractivity contribution in [2.45, 2.75) is 46.1 Å². The highest BCUT2D eigenvalue weighted by Crippen LogP contribution is 2.20. The van der Waals surface area contributed by atoms with Gasteiger partial charge in [-0.1, -0.05) is 29.3 Å². The Labute approximate surface area is 120 Å². The van der Waals surface area contributed by atoms with Gasteiger partial charge >= 0.3 is 0 Å². The Hall–Kier alpha value is -0.860. The Morgan fingerprint density at radius 3 is 2.63 bits per heavy atom. The molecule has 0 spiro atoms. The lowest BCUT2D eigenvalue weighted by Crippen LogP contribution is -2.36. The summed E-state index contributed by atoms with van der Waals surface area (Å²) in [6, 6.07) is 4.57. The summed E-state index contributed by atoms with van der Waals surface area (Å²) in [6.45, 7) is 9.50. The van der Waals surface area contributed by atoms with Crippen molar-refractivity contribution >= 4 is 11.6 Å². The molecular weight excluding hydrogens is 261 g/mol. The minimum Gasteiger partial charge on any atom is -0.312 e. The average Bonchev–Trinajstić information content (AvgIpc) is 2.27. The fourth-order valence-electron chi connectivity index (χ4n) is 1.80. The summed E-state index contributed by atoms with van der Waals surface area (Å²) in [5.41, 5.74) is 2.38. The van der Waals surface area contributed by atoms with E-state index in [4.69, 9.17) is 11.6 Å². The fourth-order valence-corrected chi connectivity index (χ4v) is 2.04.